The predicted octanol–water partition coefficient (Wildman–Crippen LogP) is 3.93. The van der Waals surface area contributed by atoms with E-state index in [1.165, 1.54) is 11.8 Å². The van der Waals surface area contributed by atoms with Crippen LogP contribution in [0.5, 0.6) is 0 Å². The van der Waals surface area contributed by atoms with Crippen molar-refractivity contribution in [2.45, 2.75) is 57.7 Å². The Labute approximate surface area is 199 Å². The van der Waals surface area contributed by atoms with Crippen LogP contribution in [0.25, 0.3) is 10.9 Å². The van der Waals surface area contributed by atoms with Gasteiger partial charge in [-0.1, -0.05) is 37.7 Å². The summed E-state index contributed by atoms with van der Waals surface area (Å²) >= 11 is 1.33. The first kappa shape index (κ1) is 25.1. The summed E-state index contributed by atoms with van der Waals surface area (Å²) < 4.78 is 6.86. The number of fused-ring (bicyclic) bond motifs is 1. The molecule has 1 aliphatic rings. The second-order valence-electron chi connectivity index (χ2n) is 8.17. The molecule has 1 aliphatic heterocycles. The molecule has 1 saturated heterocycles. The van der Waals surface area contributed by atoms with Gasteiger partial charge in [0, 0.05) is 32.2 Å². The van der Waals surface area contributed by atoms with Crippen LogP contribution in [0, 0.1) is 0 Å². The Morgan fingerprint density at radius 2 is 1.79 bits per heavy atom. The van der Waals surface area contributed by atoms with Crippen LogP contribution in [0.3, 0.4) is 0 Å². The fourth-order valence-electron chi connectivity index (χ4n) is 4.19. The van der Waals surface area contributed by atoms with E-state index in [0.717, 1.165) is 25.9 Å². The predicted molar refractivity (Wildman–Crippen MR) is 131 cm³/mol. The molecule has 33 heavy (non-hydrogen) atoms. The van der Waals surface area contributed by atoms with Crippen LogP contribution in [0.2, 0.25) is 0 Å². The largest absolute Gasteiger partial charge is 0.450 e. The number of rotatable bonds is 9. The molecule has 9 heteroatoms. The molecule has 2 amide bonds. The second-order valence-corrected chi connectivity index (χ2v) is 9.12. The topological polar surface area (TPSA) is 84.7 Å². The number of nitrogens with zero attached hydrogens (tertiary/aromatic N) is 4. The molecule has 0 unspecified atom stereocenters. The van der Waals surface area contributed by atoms with Crippen molar-refractivity contribution >= 4 is 34.7 Å². The Balaban J connectivity index is 1.85. The van der Waals surface area contributed by atoms with E-state index in [-0.39, 0.29) is 29.4 Å². The number of piperidine rings is 1. The van der Waals surface area contributed by atoms with Crippen molar-refractivity contribution in [3.8, 4) is 0 Å². The quantitative estimate of drug-likeness (QED) is 0.404. The Bertz CT molecular complexity index is 1010. The van der Waals surface area contributed by atoms with E-state index in [0.29, 0.717) is 48.6 Å². The van der Waals surface area contributed by atoms with Crippen LogP contribution in [-0.4, -0.2) is 69.9 Å². The first-order chi connectivity index (χ1) is 16.0. The zero-order valence-corrected chi connectivity index (χ0v) is 20.6. The summed E-state index contributed by atoms with van der Waals surface area (Å²) in [5.74, 6) is 0.307. The number of hydrogen-bond donors (Lipinski definition) is 0. The third kappa shape index (κ3) is 6.07. The van der Waals surface area contributed by atoms with Crippen molar-refractivity contribution in [2.75, 3.05) is 38.5 Å². The highest BCUT2D eigenvalue weighted by Gasteiger charge is 2.28. The van der Waals surface area contributed by atoms with E-state index in [2.05, 4.69) is 13.8 Å². The minimum absolute atomic E-state index is 0.0646. The molecule has 0 saturated carbocycles. The summed E-state index contributed by atoms with van der Waals surface area (Å²) in [7, 11) is 0. The third-order valence-corrected chi connectivity index (χ3v) is 6.73. The lowest BCUT2D eigenvalue weighted by atomic mass is 10.0. The number of para-hydroxylation sites is 1. The zero-order chi connectivity index (χ0) is 23.8. The van der Waals surface area contributed by atoms with Crippen LogP contribution in [0.1, 0.15) is 52.5 Å². The van der Waals surface area contributed by atoms with Gasteiger partial charge in [0.1, 0.15) is 0 Å². The highest BCUT2D eigenvalue weighted by molar-refractivity contribution is 7.99. The molecule has 0 radical (unpaired) electrons. The highest BCUT2D eigenvalue weighted by Crippen LogP contribution is 2.28. The lowest BCUT2D eigenvalue weighted by molar-refractivity contribution is -0.128. The number of aromatic nitrogens is 2. The molecule has 0 bridgehead atoms. The van der Waals surface area contributed by atoms with Crippen LogP contribution in [-0.2, 0) is 9.53 Å². The monoisotopic (exact) mass is 474 g/mol. The second kappa shape index (κ2) is 12.1. The van der Waals surface area contributed by atoms with E-state index in [1.807, 2.05) is 23.1 Å². The van der Waals surface area contributed by atoms with Crippen LogP contribution in [0.4, 0.5) is 4.79 Å². The molecule has 0 aliphatic carbocycles. The normalized spacial score (nSPS) is 14.5. The van der Waals surface area contributed by atoms with Crippen molar-refractivity contribution in [1.29, 1.82) is 0 Å². The van der Waals surface area contributed by atoms with Gasteiger partial charge in [0.25, 0.3) is 5.56 Å². The van der Waals surface area contributed by atoms with Crippen molar-refractivity contribution in [3.63, 3.8) is 0 Å². The van der Waals surface area contributed by atoms with Crippen molar-refractivity contribution < 1.29 is 14.3 Å². The number of carbonyl (C=O) groups excluding carboxylic acids is 2. The maximum absolute atomic E-state index is 13.5. The fraction of sp³-hybridized carbons (Fsp3) is 0.583. The lowest BCUT2D eigenvalue weighted by Crippen LogP contribution is -2.41. The zero-order valence-electron chi connectivity index (χ0n) is 19.8. The lowest BCUT2D eigenvalue weighted by Gasteiger charge is -2.33. The van der Waals surface area contributed by atoms with Gasteiger partial charge in [-0.2, -0.15) is 0 Å². The van der Waals surface area contributed by atoms with Gasteiger partial charge in [-0.05, 0) is 44.7 Å². The molecule has 1 aromatic heterocycles. The first-order valence-electron chi connectivity index (χ1n) is 11.8. The average molecular weight is 475 g/mol. The molecule has 0 atom stereocenters. The minimum atomic E-state index is -0.313. The van der Waals surface area contributed by atoms with Gasteiger partial charge in [0.05, 0.1) is 23.3 Å². The Morgan fingerprint density at radius 3 is 2.42 bits per heavy atom. The van der Waals surface area contributed by atoms with E-state index < -0.39 is 0 Å². The molecule has 1 fully saturated rings. The Kier molecular flexibility index (Phi) is 9.17. The SMILES string of the molecule is CCCN(CCC)C(=O)CSc1nc2ccccc2c(=O)n1C1CCN(C(=O)OCC)CC1. The molecular formula is C24H34N4O4S. The molecule has 3 rings (SSSR count). The molecule has 0 N–H and O–H groups in total. The van der Waals surface area contributed by atoms with Crippen LogP contribution >= 0.6 is 11.8 Å². The molecule has 180 valence electrons. The maximum Gasteiger partial charge on any atom is 0.409 e. The Hall–Kier alpha value is -2.55. The number of hydrogen-bond acceptors (Lipinski definition) is 6. The van der Waals surface area contributed by atoms with Gasteiger partial charge >= 0.3 is 6.09 Å². The minimum Gasteiger partial charge on any atom is -0.450 e. The molecule has 0 spiro atoms. The van der Waals surface area contributed by atoms with Gasteiger partial charge < -0.3 is 14.5 Å². The Morgan fingerprint density at radius 1 is 1.12 bits per heavy atom. The van der Waals surface area contributed by atoms with E-state index in [1.54, 1.807) is 22.5 Å². The van der Waals surface area contributed by atoms with Crippen LogP contribution in [0.15, 0.2) is 34.2 Å². The van der Waals surface area contributed by atoms with Gasteiger partial charge in [0.15, 0.2) is 5.16 Å². The molecular weight excluding hydrogens is 440 g/mol. The summed E-state index contributed by atoms with van der Waals surface area (Å²) in [5.41, 5.74) is 0.542. The van der Waals surface area contributed by atoms with Crippen LogP contribution < -0.4 is 5.56 Å². The van der Waals surface area contributed by atoms with E-state index >= 15 is 0 Å². The number of ether oxygens (including phenoxy) is 1. The molecule has 1 aromatic carbocycles. The van der Waals surface area contributed by atoms with E-state index in [9.17, 15) is 14.4 Å². The maximum atomic E-state index is 13.5. The fourth-order valence-corrected chi connectivity index (χ4v) is 5.16. The standard InChI is InChI=1S/C24H34N4O4S/c1-4-13-26(14-5-2)21(29)17-33-23-25-20-10-8-7-9-19(20)22(30)28(23)18-11-15-27(16-12-18)24(31)32-6-3/h7-10,18H,4-6,11-17H2,1-3H3. The van der Waals surface area contributed by atoms with Gasteiger partial charge in [-0.15, -0.1) is 0 Å². The molecule has 8 nitrogen and oxygen atoms in total. The molecule has 2 aromatic rings. The summed E-state index contributed by atoms with van der Waals surface area (Å²) in [6.07, 6.45) is 2.78. The average Bonchev–Trinajstić information content (AvgIpc) is 2.83. The third-order valence-electron chi connectivity index (χ3n) is 5.80. The van der Waals surface area contributed by atoms with Crippen molar-refractivity contribution in [1.82, 2.24) is 19.4 Å². The summed E-state index contributed by atoms with van der Waals surface area (Å²) in [5, 5.41) is 1.13. The number of likely N-dealkylation sites (tertiary alicyclic amines) is 1. The summed E-state index contributed by atoms with van der Waals surface area (Å²) in [6.45, 7) is 8.77. The number of thioether (sulfide) groups is 1. The summed E-state index contributed by atoms with van der Waals surface area (Å²) in [6, 6.07) is 7.24. The number of benzene rings is 1. The smallest absolute Gasteiger partial charge is 0.409 e. The van der Waals surface area contributed by atoms with E-state index in [4.69, 9.17) is 9.72 Å². The highest BCUT2D eigenvalue weighted by atomic mass is 32.2. The number of amides is 2. The molecule has 2 heterocycles. The first-order valence-corrected chi connectivity index (χ1v) is 12.8. The van der Waals surface area contributed by atoms with Crippen molar-refractivity contribution in [3.05, 3.63) is 34.6 Å². The van der Waals surface area contributed by atoms with Gasteiger partial charge in [0.2, 0.25) is 5.91 Å². The van der Waals surface area contributed by atoms with Gasteiger partial charge in [-0.3, -0.25) is 14.2 Å². The summed E-state index contributed by atoms with van der Waals surface area (Å²) in [4.78, 5) is 46.7. The number of carbonyl (C=O) groups is 2. The van der Waals surface area contributed by atoms with Gasteiger partial charge in [-0.25, -0.2) is 9.78 Å². The van der Waals surface area contributed by atoms with Crippen molar-refractivity contribution in [2.24, 2.45) is 0 Å².